The highest BCUT2D eigenvalue weighted by Crippen LogP contribution is 2.46. The lowest BCUT2D eigenvalue weighted by Crippen LogP contribution is -2.31. The first-order chi connectivity index (χ1) is 13.6. The Morgan fingerprint density at radius 3 is 2.39 bits per heavy atom. The molecule has 5 heteroatoms. The summed E-state index contributed by atoms with van der Waals surface area (Å²) < 4.78 is 10.4. The van der Waals surface area contributed by atoms with Crippen LogP contribution in [0.15, 0.2) is 71.6 Å². The summed E-state index contributed by atoms with van der Waals surface area (Å²) in [5, 5.41) is 0.706. The fourth-order valence-corrected chi connectivity index (χ4v) is 4.20. The zero-order valence-electron chi connectivity index (χ0n) is 15.9. The van der Waals surface area contributed by atoms with Gasteiger partial charge >= 0.3 is 5.97 Å². The zero-order chi connectivity index (χ0) is 19.7. The summed E-state index contributed by atoms with van der Waals surface area (Å²) in [6, 6.07) is 15.6. The number of carbonyl (C=O) groups is 1. The minimum absolute atomic E-state index is 0.0540. The third kappa shape index (κ3) is 3.29. The molecular weight excluding hydrogens is 374 g/mol. The van der Waals surface area contributed by atoms with Crippen molar-refractivity contribution >= 4 is 23.3 Å². The third-order valence-electron chi connectivity index (χ3n) is 5.40. The van der Waals surface area contributed by atoms with E-state index in [1.54, 1.807) is 7.11 Å². The molecule has 2 aromatic carbocycles. The summed E-state index contributed by atoms with van der Waals surface area (Å²) in [4.78, 5) is 14.7. The van der Waals surface area contributed by atoms with Crippen LogP contribution in [0.2, 0.25) is 5.02 Å². The Morgan fingerprint density at radius 1 is 1.04 bits per heavy atom. The van der Waals surface area contributed by atoms with E-state index in [0.717, 1.165) is 36.3 Å². The van der Waals surface area contributed by atoms with Gasteiger partial charge in [0.2, 0.25) is 0 Å². The van der Waals surface area contributed by atoms with Crippen LogP contribution < -0.4 is 9.64 Å². The molecule has 1 heterocycles. The van der Waals surface area contributed by atoms with Crippen LogP contribution in [0.25, 0.3) is 0 Å². The Morgan fingerprint density at radius 2 is 1.75 bits per heavy atom. The van der Waals surface area contributed by atoms with Gasteiger partial charge in [-0.1, -0.05) is 23.7 Å². The maximum atomic E-state index is 12.7. The number of ether oxygens (including phenoxy) is 2. The van der Waals surface area contributed by atoms with E-state index in [2.05, 4.69) is 0 Å². The molecule has 4 rings (SSSR count). The second-order valence-corrected chi connectivity index (χ2v) is 7.37. The molecule has 2 aliphatic rings. The number of allylic oxidation sites excluding steroid dienone is 3. The van der Waals surface area contributed by atoms with Crippen molar-refractivity contribution < 1.29 is 14.3 Å². The molecule has 1 aliphatic carbocycles. The molecule has 0 bridgehead atoms. The molecule has 0 radical (unpaired) electrons. The Bertz CT molecular complexity index is 945. The van der Waals surface area contributed by atoms with Crippen LogP contribution >= 0.6 is 11.6 Å². The first-order valence-corrected chi connectivity index (χ1v) is 9.72. The lowest BCUT2D eigenvalue weighted by atomic mass is 9.86. The molecule has 28 heavy (non-hydrogen) atoms. The maximum Gasteiger partial charge on any atom is 0.354 e. The normalized spacial score (nSPS) is 18.6. The van der Waals surface area contributed by atoms with Crippen LogP contribution in [-0.4, -0.2) is 20.2 Å². The van der Waals surface area contributed by atoms with Crippen molar-refractivity contribution in [1.29, 1.82) is 0 Å². The molecule has 0 amide bonds. The molecule has 0 fully saturated rings. The molecule has 0 saturated heterocycles. The largest absolute Gasteiger partial charge is 0.497 e. The standard InChI is InChI=1S/C23H22ClNO3/c1-27-18-12-10-17(11-13-18)25-21-5-3-4-19(21)20(14-22(25)23(26)28-2)15-6-8-16(24)9-7-15/h6-14,20H,3-5H2,1-2H3. The van der Waals surface area contributed by atoms with Gasteiger partial charge in [0.05, 0.1) is 14.2 Å². The molecule has 4 nitrogen and oxygen atoms in total. The van der Waals surface area contributed by atoms with E-state index in [-0.39, 0.29) is 11.9 Å². The number of anilines is 1. The number of rotatable bonds is 4. The number of hydrogen-bond acceptors (Lipinski definition) is 4. The van der Waals surface area contributed by atoms with Gasteiger partial charge in [-0.05, 0) is 72.9 Å². The van der Waals surface area contributed by atoms with E-state index in [4.69, 9.17) is 21.1 Å². The van der Waals surface area contributed by atoms with Crippen molar-refractivity contribution in [1.82, 2.24) is 0 Å². The highest BCUT2D eigenvalue weighted by molar-refractivity contribution is 6.30. The second kappa shape index (κ2) is 7.72. The Balaban J connectivity index is 1.82. The lowest BCUT2D eigenvalue weighted by Gasteiger charge is -2.34. The van der Waals surface area contributed by atoms with Crippen molar-refractivity contribution in [2.75, 3.05) is 19.1 Å². The SMILES string of the molecule is COC(=O)C1=CC(c2ccc(Cl)cc2)C2=C(CCC2)N1c1ccc(OC)cc1. The summed E-state index contributed by atoms with van der Waals surface area (Å²) in [6.45, 7) is 0. The van der Waals surface area contributed by atoms with Gasteiger partial charge in [-0.3, -0.25) is 0 Å². The molecule has 1 atom stereocenters. The van der Waals surface area contributed by atoms with Gasteiger partial charge in [-0.2, -0.15) is 0 Å². The maximum absolute atomic E-state index is 12.7. The molecule has 0 N–H and O–H groups in total. The summed E-state index contributed by atoms with van der Waals surface area (Å²) in [5.41, 5.74) is 5.16. The predicted octanol–water partition coefficient (Wildman–Crippen LogP) is 5.45. The zero-order valence-corrected chi connectivity index (χ0v) is 16.7. The van der Waals surface area contributed by atoms with Crippen LogP contribution in [-0.2, 0) is 9.53 Å². The monoisotopic (exact) mass is 395 g/mol. The first-order valence-electron chi connectivity index (χ1n) is 9.34. The predicted molar refractivity (Wildman–Crippen MR) is 111 cm³/mol. The first kappa shape index (κ1) is 18.6. The fraction of sp³-hybridized carbons (Fsp3) is 0.261. The molecule has 1 aliphatic heterocycles. The third-order valence-corrected chi connectivity index (χ3v) is 5.65. The number of nitrogens with zero attached hydrogens (tertiary/aromatic N) is 1. The Hall–Kier alpha value is -2.72. The topological polar surface area (TPSA) is 38.8 Å². The number of benzene rings is 2. The highest BCUT2D eigenvalue weighted by Gasteiger charge is 2.36. The van der Waals surface area contributed by atoms with Gasteiger partial charge in [-0.25, -0.2) is 4.79 Å². The van der Waals surface area contributed by atoms with E-state index in [0.29, 0.717) is 10.7 Å². The number of hydrogen-bond donors (Lipinski definition) is 0. The molecule has 0 saturated carbocycles. The smallest absolute Gasteiger partial charge is 0.354 e. The van der Waals surface area contributed by atoms with E-state index in [1.165, 1.54) is 18.4 Å². The summed E-state index contributed by atoms with van der Waals surface area (Å²) in [6.07, 6.45) is 5.03. The quantitative estimate of drug-likeness (QED) is 0.645. The molecule has 0 aromatic heterocycles. The van der Waals surface area contributed by atoms with Crippen LogP contribution in [0.3, 0.4) is 0 Å². The average molecular weight is 396 g/mol. The van der Waals surface area contributed by atoms with Crippen LogP contribution in [0.4, 0.5) is 5.69 Å². The van der Waals surface area contributed by atoms with E-state index < -0.39 is 0 Å². The number of methoxy groups -OCH3 is 2. The Labute approximate surface area is 170 Å². The van der Waals surface area contributed by atoms with Gasteiger partial charge in [0.15, 0.2) is 0 Å². The van der Waals surface area contributed by atoms with Crippen molar-refractivity contribution in [3.05, 3.63) is 82.2 Å². The average Bonchev–Trinajstić information content (AvgIpc) is 3.22. The molecule has 2 aromatic rings. The second-order valence-electron chi connectivity index (χ2n) is 6.93. The number of carbonyl (C=O) groups excluding carboxylic acids is 1. The highest BCUT2D eigenvalue weighted by atomic mass is 35.5. The van der Waals surface area contributed by atoms with E-state index in [1.807, 2.05) is 59.5 Å². The van der Waals surface area contributed by atoms with Crippen LogP contribution in [0.5, 0.6) is 5.75 Å². The van der Waals surface area contributed by atoms with E-state index in [9.17, 15) is 4.79 Å². The van der Waals surface area contributed by atoms with Crippen LogP contribution in [0, 0.1) is 0 Å². The molecule has 144 valence electrons. The van der Waals surface area contributed by atoms with Crippen molar-refractivity contribution in [2.24, 2.45) is 0 Å². The summed E-state index contributed by atoms with van der Waals surface area (Å²) in [5.74, 6) is 0.496. The lowest BCUT2D eigenvalue weighted by molar-refractivity contribution is -0.136. The minimum atomic E-state index is -0.340. The number of halogens is 1. The van der Waals surface area contributed by atoms with Gasteiger partial charge in [0.1, 0.15) is 11.4 Å². The molecule has 0 spiro atoms. The van der Waals surface area contributed by atoms with E-state index >= 15 is 0 Å². The fourth-order valence-electron chi connectivity index (χ4n) is 4.08. The molecule has 1 unspecified atom stereocenters. The summed E-state index contributed by atoms with van der Waals surface area (Å²) >= 11 is 6.07. The van der Waals surface area contributed by atoms with Gasteiger partial charge in [-0.15, -0.1) is 0 Å². The van der Waals surface area contributed by atoms with Gasteiger partial charge in [0.25, 0.3) is 0 Å². The Kier molecular flexibility index (Phi) is 5.14. The van der Waals surface area contributed by atoms with Crippen molar-refractivity contribution in [2.45, 2.75) is 25.2 Å². The van der Waals surface area contributed by atoms with Gasteiger partial charge < -0.3 is 14.4 Å². The van der Waals surface area contributed by atoms with Crippen LogP contribution in [0.1, 0.15) is 30.7 Å². The molecular formula is C23H22ClNO3. The minimum Gasteiger partial charge on any atom is -0.497 e. The van der Waals surface area contributed by atoms with Gasteiger partial charge in [0, 0.05) is 22.3 Å². The number of esters is 1. The summed E-state index contributed by atoms with van der Waals surface area (Å²) in [7, 11) is 3.06. The van der Waals surface area contributed by atoms with Crippen molar-refractivity contribution in [3.8, 4) is 5.75 Å². The van der Waals surface area contributed by atoms with Crippen molar-refractivity contribution in [3.63, 3.8) is 0 Å².